The van der Waals surface area contributed by atoms with Crippen LogP contribution in [0.3, 0.4) is 0 Å². The van der Waals surface area contributed by atoms with E-state index in [9.17, 15) is 4.79 Å². The summed E-state index contributed by atoms with van der Waals surface area (Å²) in [5.41, 5.74) is 1.11. The smallest absolute Gasteiger partial charge is 0.230 e. The summed E-state index contributed by atoms with van der Waals surface area (Å²) in [5, 5.41) is 12.5. The van der Waals surface area contributed by atoms with Gasteiger partial charge in [-0.25, -0.2) is 0 Å². The Labute approximate surface area is 117 Å². The SMILES string of the molecule is CCC(CO)NC(=O)CSCc1cccc(Cl)c1. The lowest BCUT2D eigenvalue weighted by molar-refractivity contribution is -0.119. The average Bonchev–Trinajstić information content (AvgIpc) is 2.36. The predicted octanol–water partition coefficient (Wildman–Crippen LogP) is 2.46. The van der Waals surface area contributed by atoms with E-state index in [0.29, 0.717) is 10.8 Å². The maximum absolute atomic E-state index is 11.6. The molecule has 100 valence electrons. The molecule has 0 aliphatic heterocycles. The Kier molecular flexibility index (Phi) is 7.16. The van der Waals surface area contributed by atoms with Crippen LogP contribution in [-0.2, 0) is 10.5 Å². The molecule has 5 heteroatoms. The zero-order valence-corrected chi connectivity index (χ0v) is 11.9. The summed E-state index contributed by atoms with van der Waals surface area (Å²) in [7, 11) is 0. The van der Waals surface area contributed by atoms with E-state index in [4.69, 9.17) is 16.7 Å². The van der Waals surface area contributed by atoms with Gasteiger partial charge in [-0.15, -0.1) is 11.8 Å². The number of benzene rings is 1. The summed E-state index contributed by atoms with van der Waals surface area (Å²) < 4.78 is 0. The van der Waals surface area contributed by atoms with Crippen LogP contribution in [0, 0.1) is 0 Å². The standard InChI is InChI=1S/C13H18ClNO2S/c1-2-12(7-16)15-13(17)9-18-8-10-4-3-5-11(14)6-10/h3-6,12,16H,2,7-9H2,1H3,(H,15,17). The lowest BCUT2D eigenvalue weighted by atomic mass is 10.2. The van der Waals surface area contributed by atoms with Gasteiger partial charge in [0, 0.05) is 10.8 Å². The number of aliphatic hydroxyl groups is 1. The normalized spacial score (nSPS) is 12.2. The van der Waals surface area contributed by atoms with Gasteiger partial charge in [-0.05, 0) is 24.1 Å². The maximum atomic E-state index is 11.6. The molecular formula is C13H18ClNO2S. The third-order valence-corrected chi connectivity index (χ3v) is 3.71. The molecule has 0 saturated heterocycles. The summed E-state index contributed by atoms with van der Waals surface area (Å²) in [6, 6.07) is 7.48. The quantitative estimate of drug-likeness (QED) is 0.810. The molecule has 1 aromatic carbocycles. The van der Waals surface area contributed by atoms with Gasteiger partial charge in [0.2, 0.25) is 5.91 Å². The van der Waals surface area contributed by atoms with Crippen molar-refractivity contribution in [3.05, 3.63) is 34.9 Å². The minimum absolute atomic E-state index is 0.0127. The highest BCUT2D eigenvalue weighted by Gasteiger charge is 2.08. The van der Waals surface area contributed by atoms with Crippen molar-refractivity contribution in [2.75, 3.05) is 12.4 Å². The van der Waals surface area contributed by atoms with Gasteiger partial charge in [0.05, 0.1) is 18.4 Å². The Bertz CT molecular complexity index is 383. The van der Waals surface area contributed by atoms with Crippen LogP contribution in [0.15, 0.2) is 24.3 Å². The van der Waals surface area contributed by atoms with Crippen LogP contribution < -0.4 is 5.32 Å². The summed E-state index contributed by atoms with van der Waals surface area (Å²) in [6.45, 7) is 1.92. The molecule has 0 fully saturated rings. The van der Waals surface area contributed by atoms with Gasteiger partial charge < -0.3 is 10.4 Å². The number of carbonyl (C=O) groups excluding carboxylic acids is 1. The molecule has 0 aliphatic rings. The fourth-order valence-corrected chi connectivity index (χ4v) is 2.43. The van der Waals surface area contributed by atoms with Gasteiger partial charge in [0.15, 0.2) is 0 Å². The fraction of sp³-hybridized carbons (Fsp3) is 0.462. The molecule has 0 spiro atoms. The number of thioether (sulfide) groups is 1. The first-order valence-electron chi connectivity index (χ1n) is 5.88. The molecule has 0 heterocycles. The highest BCUT2D eigenvalue weighted by Crippen LogP contribution is 2.16. The summed E-state index contributed by atoms with van der Waals surface area (Å²) >= 11 is 7.41. The highest BCUT2D eigenvalue weighted by molar-refractivity contribution is 7.99. The number of carbonyl (C=O) groups is 1. The van der Waals surface area contributed by atoms with Crippen LogP contribution >= 0.6 is 23.4 Å². The summed E-state index contributed by atoms with van der Waals surface area (Å²) in [4.78, 5) is 11.6. The van der Waals surface area contributed by atoms with Crippen molar-refractivity contribution in [3.8, 4) is 0 Å². The molecule has 0 saturated carbocycles. The molecule has 18 heavy (non-hydrogen) atoms. The number of hydrogen-bond donors (Lipinski definition) is 2. The monoisotopic (exact) mass is 287 g/mol. The van der Waals surface area contributed by atoms with Crippen molar-refractivity contribution in [2.24, 2.45) is 0 Å². The molecule has 1 amide bonds. The summed E-state index contributed by atoms with van der Waals surface area (Å²) in [6.07, 6.45) is 0.737. The van der Waals surface area contributed by atoms with E-state index in [0.717, 1.165) is 17.7 Å². The number of nitrogens with one attached hydrogen (secondary N) is 1. The van der Waals surface area contributed by atoms with Crippen LogP contribution in [0.25, 0.3) is 0 Å². The molecule has 2 N–H and O–H groups in total. The van der Waals surface area contributed by atoms with Crippen molar-refractivity contribution in [1.29, 1.82) is 0 Å². The molecule has 1 rings (SSSR count). The van der Waals surface area contributed by atoms with Crippen LogP contribution in [-0.4, -0.2) is 29.4 Å². The molecule has 0 aliphatic carbocycles. The molecule has 0 aromatic heterocycles. The lowest BCUT2D eigenvalue weighted by Gasteiger charge is -2.13. The van der Waals surface area contributed by atoms with Gasteiger partial charge in [-0.2, -0.15) is 0 Å². The second kappa shape index (κ2) is 8.40. The minimum atomic E-state index is -0.135. The third-order valence-electron chi connectivity index (χ3n) is 2.47. The van der Waals surface area contributed by atoms with Gasteiger partial charge in [0.25, 0.3) is 0 Å². The molecule has 3 nitrogen and oxygen atoms in total. The van der Waals surface area contributed by atoms with Crippen LogP contribution in [0.4, 0.5) is 0 Å². The summed E-state index contributed by atoms with van der Waals surface area (Å²) in [5.74, 6) is 1.11. The first-order chi connectivity index (χ1) is 8.65. The number of amides is 1. The van der Waals surface area contributed by atoms with E-state index in [1.165, 1.54) is 11.8 Å². The van der Waals surface area contributed by atoms with E-state index < -0.39 is 0 Å². The minimum Gasteiger partial charge on any atom is -0.394 e. The van der Waals surface area contributed by atoms with Crippen molar-refractivity contribution < 1.29 is 9.90 Å². The van der Waals surface area contributed by atoms with Gasteiger partial charge >= 0.3 is 0 Å². The Balaban J connectivity index is 2.27. The molecule has 0 radical (unpaired) electrons. The van der Waals surface area contributed by atoms with E-state index in [2.05, 4.69) is 5.32 Å². The first kappa shape index (κ1) is 15.3. The van der Waals surface area contributed by atoms with Gasteiger partial charge in [-0.1, -0.05) is 30.7 Å². The Hall–Kier alpha value is -0.710. The average molecular weight is 288 g/mol. The maximum Gasteiger partial charge on any atom is 0.230 e. The van der Waals surface area contributed by atoms with Crippen LogP contribution in [0.1, 0.15) is 18.9 Å². The Morgan fingerprint density at radius 2 is 2.33 bits per heavy atom. The molecule has 1 aromatic rings. The van der Waals surface area contributed by atoms with Crippen molar-refractivity contribution in [3.63, 3.8) is 0 Å². The van der Waals surface area contributed by atoms with E-state index >= 15 is 0 Å². The van der Waals surface area contributed by atoms with Crippen molar-refractivity contribution in [1.82, 2.24) is 5.32 Å². The second-order valence-corrected chi connectivity index (χ2v) is 5.40. The van der Waals surface area contributed by atoms with E-state index in [1.807, 2.05) is 31.2 Å². The molecular weight excluding hydrogens is 270 g/mol. The lowest BCUT2D eigenvalue weighted by Crippen LogP contribution is -2.37. The van der Waals surface area contributed by atoms with Crippen LogP contribution in [0.2, 0.25) is 5.02 Å². The Morgan fingerprint density at radius 1 is 1.56 bits per heavy atom. The zero-order chi connectivity index (χ0) is 13.4. The van der Waals surface area contributed by atoms with Crippen molar-refractivity contribution >= 4 is 29.3 Å². The number of halogens is 1. The topological polar surface area (TPSA) is 49.3 Å². The van der Waals surface area contributed by atoms with Crippen molar-refractivity contribution in [2.45, 2.75) is 25.1 Å². The van der Waals surface area contributed by atoms with E-state index in [1.54, 1.807) is 0 Å². The van der Waals surface area contributed by atoms with E-state index in [-0.39, 0.29) is 18.6 Å². The first-order valence-corrected chi connectivity index (χ1v) is 7.41. The fourth-order valence-electron chi connectivity index (χ4n) is 1.43. The highest BCUT2D eigenvalue weighted by atomic mass is 35.5. The Morgan fingerprint density at radius 3 is 2.94 bits per heavy atom. The molecule has 0 bridgehead atoms. The number of rotatable bonds is 7. The van der Waals surface area contributed by atoms with Crippen LogP contribution in [0.5, 0.6) is 0 Å². The zero-order valence-electron chi connectivity index (χ0n) is 10.4. The molecule has 1 unspecified atom stereocenters. The second-order valence-electron chi connectivity index (χ2n) is 3.98. The largest absolute Gasteiger partial charge is 0.394 e. The third kappa shape index (κ3) is 5.76. The molecule has 1 atom stereocenters. The number of hydrogen-bond acceptors (Lipinski definition) is 3. The number of aliphatic hydroxyl groups excluding tert-OH is 1. The van der Waals surface area contributed by atoms with Gasteiger partial charge in [0.1, 0.15) is 0 Å². The van der Waals surface area contributed by atoms with Gasteiger partial charge in [-0.3, -0.25) is 4.79 Å². The predicted molar refractivity (Wildman–Crippen MR) is 76.9 cm³/mol.